The molecule has 0 aliphatic carbocycles. The van der Waals surface area contributed by atoms with Gasteiger partial charge in [0.15, 0.2) is 0 Å². The number of carbonyl (C=O) groups excluding carboxylic acids is 3. The molecule has 0 radical (unpaired) electrons. The van der Waals surface area contributed by atoms with Crippen molar-refractivity contribution in [1.29, 1.82) is 0 Å². The number of hydrogen-bond acceptors (Lipinski definition) is 4. The van der Waals surface area contributed by atoms with E-state index < -0.39 is 17.9 Å². The molecular weight excluding hydrogens is 310 g/mol. The molecule has 1 aliphatic heterocycles. The lowest BCUT2D eigenvalue weighted by Gasteiger charge is -2.37. The molecule has 24 heavy (non-hydrogen) atoms. The highest BCUT2D eigenvalue weighted by molar-refractivity contribution is 6.03. The van der Waals surface area contributed by atoms with E-state index in [0.29, 0.717) is 18.8 Å². The van der Waals surface area contributed by atoms with Crippen molar-refractivity contribution < 1.29 is 19.5 Å². The number of piperazine rings is 1. The highest BCUT2D eigenvalue weighted by Crippen LogP contribution is 2.26. The Labute approximate surface area is 140 Å². The number of anilines is 1. The number of nitrogens with zero attached hydrogens (tertiary/aromatic N) is 1. The first-order chi connectivity index (χ1) is 11.3. The monoisotopic (exact) mass is 331 g/mol. The predicted octanol–water partition coefficient (Wildman–Crippen LogP) is 1.11. The standard InChI is InChI=1S/C17H21N3O4/c1-4-14(22)19-11-5-6-13(21)12(9-11)17(24)20-8-7-18-16(23)15(20)10(2)3/h4-6,9-10,15,21H,1,7-8H2,2-3H3,(H,18,23)(H,19,22). The van der Waals surface area contributed by atoms with Crippen LogP contribution in [0.1, 0.15) is 24.2 Å². The van der Waals surface area contributed by atoms with Crippen LogP contribution in [0.5, 0.6) is 5.75 Å². The summed E-state index contributed by atoms with van der Waals surface area (Å²) in [6.45, 7) is 7.80. The highest BCUT2D eigenvalue weighted by Gasteiger charge is 2.36. The van der Waals surface area contributed by atoms with Gasteiger partial charge in [-0.3, -0.25) is 14.4 Å². The van der Waals surface area contributed by atoms with Crippen molar-refractivity contribution in [2.24, 2.45) is 5.92 Å². The minimum atomic E-state index is -0.600. The largest absolute Gasteiger partial charge is 0.507 e. The number of rotatable bonds is 4. The molecule has 1 heterocycles. The van der Waals surface area contributed by atoms with Crippen LogP contribution in [0.3, 0.4) is 0 Å². The maximum absolute atomic E-state index is 12.8. The number of carbonyl (C=O) groups is 3. The molecule has 3 N–H and O–H groups in total. The molecule has 2 rings (SSSR count). The average Bonchev–Trinajstić information content (AvgIpc) is 2.55. The number of amides is 3. The third-order valence-electron chi connectivity index (χ3n) is 3.83. The molecule has 1 aromatic carbocycles. The summed E-state index contributed by atoms with van der Waals surface area (Å²) < 4.78 is 0. The van der Waals surface area contributed by atoms with Gasteiger partial charge in [0, 0.05) is 18.8 Å². The first kappa shape index (κ1) is 17.5. The Bertz CT molecular complexity index is 684. The van der Waals surface area contributed by atoms with E-state index in [9.17, 15) is 19.5 Å². The van der Waals surface area contributed by atoms with Gasteiger partial charge in [-0.25, -0.2) is 0 Å². The summed E-state index contributed by atoms with van der Waals surface area (Å²) >= 11 is 0. The van der Waals surface area contributed by atoms with Crippen molar-refractivity contribution in [2.75, 3.05) is 18.4 Å². The van der Waals surface area contributed by atoms with Crippen LogP contribution in [0.25, 0.3) is 0 Å². The van der Waals surface area contributed by atoms with Crippen molar-refractivity contribution in [3.05, 3.63) is 36.4 Å². The summed E-state index contributed by atoms with van der Waals surface area (Å²) in [6, 6.07) is 3.61. The molecule has 1 atom stereocenters. The quantitative estimate of drug-likeness (QED) is 0.568. The first-order valence-electron chi connectivity index (χ1n) is 7.70. The van der Waals surface area contributed by atoms with Crippen LogP contribution in [0, 0.1) is 5.92 Å². The summed E-state index contributed by atoms with van der Waals surface area (Å²) in [5.41, 5.74) is 0.404. The van der Waals surface area contributed by atoms with Crippen molar-refractivity contribution >= 4 is 23.4 Å². The Morgan fingerprint density at radius 1 is 1.46 bits per heavy atom. The second-order valence-electron chi connectivity index (χ2n) is 5.90. The summed E-state index contributed by atoms with van der Waals surface area (Å²) in [6.07, 6.45) is 1.11. The zero-order chi connectivity index (χ0) is 17.9. The van der Waals surface area contributed by atoms with Gasteiger partial charge in [-0.05, 0) is 30.2 Å². The van der Waals surface area contributed by atoms with Crippen LogP contribution < -0.4 is 10.6 Å². The number of phenolic OH excluding ortho intramolecular Hbond substituents is 1. The molecule has 128 valence electrons. The van der Waals surface area contributed by atoms with Crippen molar-refractivity contribution in [1.82, 2.24) is 10.2 Å². The van der Waals surface area contributed by atoms with Crippen LogP contribution >= 0.6 is 0 Å². The van der Waals surface area contributed by atoms with Crippen molar-refractivity contribution in [2.45, 2.75) is 19.9 Å². The van der Waals surface area contributed by atoms with Gasteiger partial charge in [-0.15, -0.1) is 0 Å². The molecule has 7 heteroatoms. The van der Waals surface area contributed by atoms with Gasteiger partial charge in [0.25, 0.3) is 5.91 Å². The van der Waals surface area contributed by atoms with Gasteiger partial charge in [-0.1, -0.05) is 20.4 Å². The Morgan fingerprint density at radius 3 is 2.79 bits per heavy atom. The van der Waals surface area contributed by atoms with Gasteiger partial charge in [0.05, 0.1) is 5.56 Å². The average molecular weight is 331 g/mol. The highest BCUT2D eigenvalue weighted by atomic mass is 16.3. The number of aromatic hydroxyl groups is 1. The number of nitrogens with one attached hydrogen (secondary N) is 2. The Kier molecular flexibility index (Phi) is 5.23. The fraction of sp³-hybridized carbons (Fsp3) is 0.353. The normalized spacial score (nSPS) is 17.4. The molecule has 3 amide bonds. The maximum Gasteiger partial charge on any atom is 0.258 e. The predicted molar refractivity (Wildman–Crippen MR) is 89.6 cm³/mol. The Morgan fingerprint density at radius 2 is 2.17 bits per heavy atom. The number of benzene rings is 1. The minimum Gasteiger partial charge on any atom is -0.507 e. The molecule has 1 aliphatic rings. The van der Waals surface area contributed by atoms with E-state index in [2.05, 4.69) is 17.2 Å². The molecule has 0 saturated carbocycles. The summed E-state index contributed by atoms with van der Waals surface area (Å²) in [5.74, 6) is -1.35. The molecule has 1 saturated heterocycles. The molecule has 0 spiro atoms. The second-order valence-corrected chi connectivity index (χ2v) is 5.90. The van der Waals surface area contributed by atoms with Crippen LogP contribution in [-0.4, -0.2) is 46.9 Å². The topological polar surface area (TPSA) is 98.7 Å². The Hall–Kier alpha value is -2.83. The molecule has 1 aromatic rings. The minimum absolute atomic E-state index is 0.0391. The maximum atomic E-state index is 12.8. The lowest BCUT2D eigenvalue weighted by Crippen LogP contribution is -2.59. The molecule has 0 bridgehead atoms. The van der Waals surface area contributed by atoms with Crippen LogP contribution in [0.4, 0.5) is 5.69 Å². The van der Waals surface area contributed by atoms with E-state index in [1.807, 2.05) is 13.8 Å². The number of hydrogen-bond donors (Lipinski definition) is 3. The van der Waals surface area contributed by atoms with Gasteiger partial charge < -0.3 is 20.6 Å². The van der Waals surface area contributed by atoms with Crippen molar-refractivity contribution in [3.63, 3.8) is 0 Å². The van der Waals surface area contributed by atoms with Crippen LogP contribution in [-0.2, 0) is 9.59 Å². The summed E-state index contributed by atoms with van der Waals surface area (Å²) in [7, 11) is 0. The van der Waals surface area contributed by atoms with Gasteiger partial charge in [-0.2, -0.15) is 0 Å². The first-order valence-corrected chi connectivity index (χ1v) is 7.70. The van der Waals surface area contributed by atoms with E-state index in [-0.39, 0.29) is 23.1 Å². The summed E-state index contributed by atoms with van der Waals surface area (Å²) in [5, 5.41) is 15.3. The second kappa shape index (κ2) is 7.16. The molecule has 0 aromatic heterocycles. The van der Waals surface area contributed by atoms with Gasteiger partial charge in [0.1, 0.15) is 11.8 Å². The van der Waals surface area contributed by atoms with E-state index in [4.69, 9.17) is 0 Å². The van der Waals surface area contributed by atoms with Gasteiger partial charge in [0.2, 0.25) is 11.8 Å². The van der Waals surface area contributed by atoms with Crippen molar-refractivity contribution in [3.8, 4) is 5.75 Å². The lowest BCUT2D eigenvalue weighted by atomic mass is 9.98. The molecular formula is C17H21N3O4. The zero-order valence-corrected chi connectivity index (χ0v) is 13.7. The molecule has 7 nitrogen and oxygen atoms in total. The number of phenols is 1. The molecule has 1 unspecified atom stereocenters. The SMILES string of the molecule is C=CC(=O)Nc1ccc(O)c(C(=O)N2CCNC(=O)C2C(C)C)c1. The van der Waals surface area contributed by atoms with Gasteiger partial charge >= 0.3 is 0 Å². The van der Waals surface area contributed by atoms with E-state index in [0.717, 1.165) is 6.08 Å². The van der Waals surface area contributed by atoms with Crippen LogP contribution in [0.2, 0.25) is 0 Å². The lowest BCUT2D eigenvalue weighted by molar-refractivity contribution is -0.129. The smallest absolute Gasteiger partial charge is 0.258 e. The van der Waals surface area contributed by atoms with E-state index in [1.54, 1.807) is 0 Å². The third-order valence-corrected chi connectivity index (χ3v) is 3.83. The van der Waals surface area contributed by atoms with Crippen LogP contribution in [0.15, 0.2) is 30.9 Å². The third kappa shape index (κ3) is 3.56. The fourth-order valence-electron chi connectivity index (χ4n) is 2.71. The van der Waals surface area contributed by atoms with E-state index >= 15 is 0 Å². The zero-order valence-electron chi connectivity index (χ0n) is 13.7. The fourth-order valence-corrected chi connectivity index (χ4v) is 2.71. The summed E-state index contributed by atoms with van der Waals surface area (Å²) in [4.78, 5) is 37.8. The molecule has 1 fully saturated rings. The van der Waals surface area contributed by atoms with E-state index in [1.165, 1.54) is 23.1 Å². The Balaban J connectivity index is 2.33.